The van der Waals surface area contributed by atoms with Gasteiger partial charge in [-0.05, 0) is 42.5 Å². The van der Waals surface area contributed by atoms with Gasteiger partial charge in [-0.2, -0.15) is 0 Å². The molecule has 0 aliphatic rings. The summed E-state index contributed by atoms with van der Waals surface area (Å²) in [6.07, 6.45) is 2.97. The maximum Gasteiger partial charge on any atom is 0.261 e. The molecule has 10 heteroatoms. The van der Waals surface area contributed by atoms with Gasteiger partial charge in [0.1, 0.15) is 0 Å². The SMILES string of the molecule is O=C(Nc1cnc(-c2ccccc2)nc1)c1ccc(NS(=O)(=O)c2ccc(F)c(F)c2)cc1. The van der Waals surface area contributed by atoms with Crippen LogP contribution in [0.1, 0.15) is 10.4 Å². The van der Waals surface area contributed by atoms with Crippen LogP contribution >= 0.6 is 0 Å². The molecule has 2 N–H and O–H groups in total. The Kier molecular flexibility index (Phi) is 6.09. The maximum absolute atomic E-state index is 13.4. The zero-order chi connectivity index (χ0) is 23.4. The van der Waals surface area contributed by atoms with E-state index in [0.29, 0.717) is 17.6 Å². The van der Waals surface area contributed by atoms with Crippen molar-refractivity contribution in [2.75, 3.05) is 10.0 Å². The number of anilines is 2. The minimum absolute atomic E-state index is 0.145. The van der Waals surface area contributed by atoms with Crippen molar-refractivity contribution in [3.05, 3.63) is 102 Å². The van der Waals surface area contributed by atoms with Gasteiger partial charge in [0.2, 0.25) is 0 Å². The van der Waals surface area contributed by atoms with Gasteiger partial charge in [0, 0.05) is 16.8 Å². The van der Waals surface area contributed by atoms with Gasteiger partial charge in [-0.3, -0.25) is 9.52 Å². The minimum atomic E-state index is -4.14. The summed E-state index contributed by atoms with van der Waals surface area (Å²) in [6.45, 7) is 0. The van der Waals surface area contributed by atoms with Crippen molar-refractivity contribution in [2.24, 2.45) is 0 Å². The molecule has 1 amide bonds. The van der Waals surface area contributed by atoms with E-state index in [2.05, 4.69) is 20.0 Å². The zero-order valence-electron chi connectivity index (χ0n) is 16.9. The summed E-state index contributed by atoms with van der Waals surface area (Å²) in [5.74, 6) is -2.34. The van der Waals surface area contributed by atoms with Crippen LogP contribution in [0.25, 0.3) is 11.4 Å². The van der Waals surface area contributed by atoms with Gasteiger partial charge in [0.25, 0.3) is 15.9 Å². The number of hydrogen-bond acceptors (Lipinski definition) is 5. The Morgan fingerprint density at radius 1 is 0.788 bits per heavy atom. The molecule has 4 rings (SSSR count). The van der Waals surface area contributed by atoms with Crippen molar-refractivity contribution in [3.63, 3.8) is 0 Å². The topological polar surface area (TPSA) is 101 Å². The van der Waals surface area contributed by atoms with Crippen LogP contribution in [0.3, 0.4) is 0 Å². The molecule has 0 saturated carbocycles. The van der Waals surface area contributed by atoms with Crippen LogP contribution in [0, 0.1) is 11.6 Å². The monoisotopic (exact) mass is 466 g/mol. The highest BCUT2D eigenvalue weighted by atomic mass is 32.2. The average Bonchev–Trinajstić information content (AvgIpc) is 2.82. The third kappa shape index (κ3) is 5.18. The quantitative estimate of drug-likeness (QED) is 0.437. The van der Waals surface area contributed by atoms with Gasteiger partial charge in [0.05, 0.1) is 23.0 Å². The van der Waals surface area contributed by atoms with E-state index >= 15 is 0 Å². The number of carbonyl (C=O) groups is 1. The number of aromatic nitrogens is 2. The highest BCUT2D eigenvalue weighted by molar-refractivity contribution is 7.92. The van der Waals surface area contributed by atoms with Crippen LogP contribution in [0.5, 0.6) is 0 Å². The third-order valence-electron chi connectivity index (χ3n) is 4.54. The van der Waals surface area contributed by atoms with Crippen molar-refractivity contribution in [1.82, 2.24) is 9.97 Å². The summed E-state index contributed by atoms with van der Waals surface area (Å²) >= 11 is 0. The molecule has 0 spiro atoms. The van der Waals surface area contributed by atoms with E-state index in [1.807, 2.05) is 30.3 Å². The van der Waals surface area contributed by atoms with Crippen molar-refractivity contribution >= 4 is 27.3 Å². The van der Waals surface area contributed by atoms with E-state index < -0.39 is 32.5 Å². The van der Waals surface area contributed by atoms with Crippen molar-refractivity contribution < 1.29 is 22.0 Å². The first-order valence-electron chi connectivity index (χ1n) is 9.58. The Morgan fingerprint density at radius 3 is 2.09 bits per heavy atom. The van der Waals surface area contributed by atoms with Gasteiger partial charge >= 0.3 is 0 Å². The first-order chi connectivity index (χ1) is 15.8. The number of nitrogens with zero attached hydrogens (tertiary/aromatic N) is 2. The molecule has 0 fully saturated rings. The normalized spacial score (nSPS) is 11.1. The van der Waals surface area contributed by atoms with E-state index in [1.165, 1.54) is 36.7 Å². The van der Waals surface area contributed by atoms with Gasteiger partial charge < -0.3 is 5.32 Å². The molecule has 33 heavy (non-hydrogen) atoms. The number of nitrogens with one attached hydrogen (secondary N) is 2. The molecule has 3 aromatic carbocycles. The average molecular weight is 466 g/mol. The number of hydrogen-bond donors (Lipinski definition) is 2. The number of amides is 1. The highest BCUT2D eigenvalue weighted by Crippen LogP contribution is 2.20. The van der Waals surface area contributed by atoms with E-state index in [4.69, 9.17) is 0 Å². The van der Waals surface area contributed by atoms with Crippen LogP contribution in [-0.4, -0.2) is 24.3 Å². The highest BCUT2D eigenvalue weighted by Gasteiger charge is 2.17. The summed E-state index contributed by atoms with van der Waals surface area (Å²) in [5, 5.41) is 2.66. The van der Waals surface area contributed by atoms with E-state index in [0.717, 1.165) is 17.7 Å². The Balaban J connectivity index is 1.42. The number of sulfonamides is 1. The Hall–Kier alpha value is -4.18. The standard InChI is InChI=1S/C23H16F2N4O3S/c24-20-11-10-19(12-21(20)25)33(31,32)29-17-8-6-16(7-9-17)23(30)28-18-13-26-22(27-14-18)15-4-2-1-3-5-15/h1-14,29H,(H,28,30). The van der Waals surface area contributed by atoms with Crippen LogP contribution in [-0.2, 0) is 10.0 Å². The molecule has 0 aliphatic heterocycles. The van der Waals surface area contributed by atoms with E-state index in [1.54, 1.807) is 0 Å². The molecule has 166 valence electrons. The lowest BCUT2D eigenvalue weighted by atomic mass is 10.2. The molecule has 0 bridgehead atoms. The molecular weight excluding hydrogens is 450 g/mol. The van der Waals surface area contributed by atoms with Crippen LogP contribution < -0.4 is 10.0 Å². The molecule has 0 atom stereocenters. The number of benzene rings is 3. The van der Waals surface area contributed by atoms with Crippen molar-refractivity contribution in [2.45, 2.75) is 4.90 Å². The first kappa shape index (κ1) is 22.0. The lowest BCUT2D eigenvalue weighted by Crippen LogP contribution is -2.15. The summed E-state index contributed by atoms with van der Waals surface area (Å²) in [7, 11) is -4.14. The van der Waals surface area contributed by atoms with E-state index in [9.17, 15) is 22.0 Å². The van der Waals surface area contributed by atoms with Crippen LogP contribution in [0.15, 0.2) is 90.1 Å². The van der Waals surface area contributed by atoms with Crippen LogP contribution in [0.4, 0.5) is 20.2 Å². The summed E-state index contributed by atoms with van der Waals surface area (Å²) in [4.78, 5) is 20.5. The molecule has 0 saturated heterocycles. The number of carbonyl (C=O) groups excluding carboxylic acids is 1. The van der Waals surface area contributed by atoms with Gasteiger partial charge in [-0.15, -0.1) is 0 Å². The largest absolute Gasteiger partial charge is 0.319 e. The molecule has 1 heterocycles. The second kappa shape index (κ2) is 9.13. The molecule has 0 radical (unpaired) electrons. The summed E-state index contributed by atoms with van der Waals surface area (Å²) in [5.41, 5.74) is 1.64. The lowest BCUT2D eigenvalue weighted by Gasteiger charge is -2.10. The Bertz CT molecular complexity index is 1400. The molecule has 0 aliphatic carbocycles. The zero-order valence-corrected chi connectivity index (χ0v) is 17.7. The number of rotatable bonds is 6. The third-order valence-corrected chi connectivity index (χ3v) is 5.92. The van der Waals surface area contributed by atoms with Gasteiger partial charge in [-0.25, -0.2) is 27.2 Å². The second-order valence-electron chi connectivity index (χ2n) is 6.87. The van der Waals surface area contributed by atoms with Crippen LogP contribution in [0.2, 0.25) is 0 Å². The molecule has 1 aromatic heterocycles. The fourth-order valence-corrected chi connectivity index (χ4v) is 3.95. The minimum Gasteiger partial charge on any atom is -0.319 e. The van der Waals surface area contributed by atoms with Crippen molar-refractivity contribution in [1.29, 1.82) is 0 Å². The fourth-order valence-electron chi connectivity index (χ4n) is 2.88. The number of halogens is 2. The summed E-state index contributed by atoms with van der Waals surface area (Å²) < 4.78 is 53.4. The maximum atomic E-state index is 13.4. The lowest BCUT2D eigenvalue weighted by molar-refractivity contribution is 0.102. The smallest absolute Gasteiger partial charge is 0.261 e. The summed E-state index contributed by atoms with van der Waals surface area (Å²) in [6, 6.07) is 17.2. The molecule has 0 unspecified atom stereocenters. The predicted molar refractivity (Wildman–Crippen MR) is 119 cm³/mol. The molecular formula is C23H16F2N4O3S. The van der Waals surface area contributed by atoms with Gasteiger partial charge in [-0.1, -0.05) is 30.3 Å². The fraction of sp³-hybridized carbons (Fsp3) is 0. The van der Waals surface area contributed by atoms with Gasteiger partial charge in [0.15, 0.2) is 17.5 Å². The second-order valence-corrected chi connectivity index (χ2v) is 8.56. The van der Waals surface area contributed by atoms with E-state index in [-0.39, 0.29) is 11.3 Å². The first-order valence-corrected chi connectivity index (χ1v) is 11.1. The molecule has 4 aromatic rings. The predicted octanol–water partition coefficient (Wildman–Crippen LogP) is 4.47. The molecule has 7 nitrogen and oxygen atoms in total. The van der Waals surface area contributed by atoms with Crippen molar-refractivity contribution in [3.8, 4) is 11.4 Å². The Morgan fingerprint density at radius 2 is 1.45 bits per heavy atom. The Labute approximate surface area is 188 Å².